The SMILES string of the molecule is COc1cc(/C=c2/sc3nc(-c4ccc(Cl)cc4Cl)nn3c2=O)cc(OC)c1OC. The van der Waals surface area contributed by atoms with Crippen molar-refractivity contribution in [3.63, 3.8) is 0 Å². The lowest BCUT2D eigenvalue weighted by Gasteiger charge is -2.12. The first-order chi connectivity index (χ1) is 14.4. The van der Waals surface area contributed by atoms with E-state index in [1.807, 2.05) is 0 Å². The summed E-state index contributed by atoms with van der Waals surface area (Å²) in [5.74, 6) is 1.83. The van der Waals surface area contributed by atoms with Crippen molar-refractivity contribution in [2.24, 2.45) is 0 Å². The van der Waals surface area contributed by atoms with Gasteiger partial charge in [0.15, 0.2) is 17.3 Å². The molecule has 2 aromatic heterocycles. The molecule has 4 rings (SSSR count). The molecule has 0 spiro atoms. The summed E-state index contributed by atoms with van der Waals surface area (Å²) in [7, 11) is 4.60. The second-order valence-electron chi connectivity index (χ2n) is 6.13. The highest BCUT2D eigenvalue weighted by atomic mass is 35.5. The van der Waals surface area contributed by atoms with Crippen LogP contribution in [0.2, 0.25) is 10.0 Å². The van der Waals surface area contributed by atoms with E-state index in [1.54, 1.807) is 36.4 Å². The van der Waals surface area contributed by atoms with Gasteiger partial charge in [-0.05, 0) is 42.0 Å². The summed E-state index contributed by atoms with van der Waals surface area (Å²) in [4.78, 5) is 17.7. The minimum absolute atomic E-state index is 0.285. The number of halogens is 2. The molecule has 0 aliphatic rings. The zero-order valence-corrected chi connectivity index (χ0v) is 18.4. The zero-order valence-electron chi connectivity index (χ0n) is 16.1. The minimum atomic E-state index is -0.285. The monoisotopic (exact) mass is 463 g/mol. The first-order valence-electron chi connectivity index (χ1n) is 8.62. The average molecular weight is 464 g/mol. The summed E-state index contributed by atoms with van der Waals surface area (Å²) in [6.45, 7) is 0. The molecule has 4 aromatic rings. The molecular weight excluding hydrogens is 449 g/mol. The van der Waals surface area contributed by atoms with Crippen molar-refractivity contribution in [3.05, 3.63) is 60.8 Å². The second kappa shape index (κ2) is 8.14. The van der Waals surface area contributed by atoms with E-state index >= 15 is 0 Å². The Kier molecular flexibility index (Phi) is 5.55. The van der Waals surface area contributed by atoms with Gasteiger partial charge < -0.3 is 14.2 Å². The van der Waals surface area contributed by atoms with Gasteiger partial charge in [0.05, 0.1) is 30.9 Å². The third-order valence-corrected chi connectivity index (χ3v) is 5.85. The lowest BCUT2D eigenvalue weighted by atomic mass is 10.1. The Morgan fingerprint density at radius 3 is 2.30 bits per heavy atom. The topological polar surface area (TPSA) is 75.0 Å². The van der Waals surface area contributed by atoms with Crippen molar-refractivity contribution in [2.45, 2.75) is 0 Å². The number of hydrogen-bond acceptors (Lipinski definition) is 7. The Labute approximate surface area is 185 Å². The first kappa shape index (κ1) is 20.5. The molecule has 0 saturated carbocycles. The van der Waals surface area contributed by atoms with Crippen LogP contribution in [-0.4, -0.2) is 35.9 Å². The smallest absolute Gasteiger partial charge is 0.291 e. The Morgan fingerprint density at radius 1 is 1.03 bits per heavy atom. The van der Waals surface area contributed by atoms with E-state index in [0.29, 0.717) is 53.7 Å². The molecule has 0 aliphatic heterocycles. The number of benzene rings is 2. The molecule has 2 heterocycles. The van der Waals surface area contributed by atoms with Crippen LogP contribution < -0.4 is 24.3 Å². The van der Waals surface area contributed by atoms with Gasteiger partial charge in [-0.15, -0.1) is 5.10 Å². The standard InChI is InChI=1S/C20H15Cl2N3O4S/c1-27-14-6-10(7-15(28-2)17(14)29-3)8-16-19(26)25-20(30-16)23-18(24-25)12-5-4-11(21)9-13(12)22/h4-9H,1-3H3/b16-8+. The maximum absolute atomic E-state index is 12.8. The molecule has 0 saturated heterocycles. The highest BCUT2D eigenvalue weighted by Crippen LogP contribution is 2.38. The van der Waals surface area contributed by atoms with Crippen LogP contribution in [-0.2, 0) is 0 Å². The highest BCUT2D eigenvalue weighted by Gasteiger charge is 2.16. The Morgan fingerprint density at radius 2 is 1.73 bits per heavy atom. The molecule has 0 unspecified atom stereocenters. The van der Waals surface area contributed by atoms with E-state index in [-0.39, 0.29) is 5.56 Å². The van der Waals surface area contributed by atoms with Crippen LogP contribution in [0.25, 0.3) is 22.4 Å². The summed E-state index contributed by atoms with van der Waals surface area (Å²) in [5.41, 5.74) is 1.03. The van der Waals surface area contributed by atoms with Gasteiger partial charge >= 0.3 is 0 Å². The molecule has 0 N–H and O–H groups in total. The molecular formula is C20H15Cl2N3O4S. The number of fused-ring (bicyclic) bond motifs is 1. The van der Waals surface area contributed by atoms with Crippen LogP contribution in [0.5, 0.6) is 17.2 Å². The van der Waals surface area contributed by atoms with Gasteiger partial charge in [0.1, 0.15) is 0 Å². The lowest BCUT2D eigenvalue weighted by molar-refractivity contribution is 0.324. The number of thiazole rings is 1. The van der Waals surface area contributed by atoms with Crippen LogP contribution in [0.15, 0.2) is 35.1 Å². The van der Waals surface area contributed by atoms with Crippen molar-refractivity contribution in [3.8, 4) is 28.6 Å². The predicted octanol–water partition coefficient (Wildman–Crippen LogP) is 3.70. The van der Waals surface area contributed by atoms with Gasteiger partial charge in [0.2, 0.25) is 10.7 Å². The number of nitrogens with zero attached hydrogens (tertiary/aromatic N) is 3. The molecule has 0 radical (unpaired) electrons. The van der Waals surface area contributed by atoms with Gasteiger partial charge in [-0.25, -0.2) is 0 Å². The van der Waals surface area contributed by atoms with Crippen LogP contribution in [0.3, 0.4) is 0 Å². The van der Waals surface area contributed by atoms with Crippen molar-refractivity contribution in [1.82, 2.24) is 14.6 Å². The highest BCUT2D eigenvalue weighted by molar-refractivity contribution is 7.15. The number of methoxy groups -OCH3 is 3. The van der Waals surface area contributed by atoms with Crippen LogP contribution in [0.1, 0.15) is 5.56 Å². The number of aromatic nitrogens is 3. The number of rotatable bonds is 5. The molecule has 154 valence electrons. The van der Waals surface area contributed by atoms with Crippen LogP contribution in [0.4, 0.5) is 0 Å². The number of hydrogen-bond donors (Lipinski definition) is 0. The van der Waals surface area contributed by atoms with E-state index < -0.39 is 0 Å². The molecule has 0 aliphatic carbocycles. The van der Waals surface area contributed by atoms with Gasteiger partial charge in [-0.2, -0.15) is 9.50 Å². The van der Waals surface area contributed by atoms with Crippen LogP contribution in [0, 0.1) is 0 Å². The molecule has 30 heavy (non-hydrogen) atoms. The average Bonchev–Trinajstić information content (AvgIpc) is 3.26. The largest absolute Gasteiger partial charge is 0.493 e. The quantitative estimate of drug-likeness (QED) is 0.449. The molecule has 7 nitrogen and oxygen atoms in total. The lowest BCUT2D eigenvalue weighted by Crippen LogP contribution is -2.23. The third kappa shape index (κ3) is 3.58. The van der Waals surface area contributed by atoms with E-state index in [9.17, 15) is 4.79 Å². The van der Waals surface area contributed by atoms with Crippen molar-refractivity contribution >= 4 is 45.6 Å². The predicted molar refractivity (Wildman–Crippen MR) is 117 cm³/mol. The second-order valence-corrected chi connectivity index (χ2v) is 7.98. The fraction of sp³-hybridized carbons (Fsp3) is 0.150. The zero-order chi connectivity index (χ0) is 21.4. The summed E-state index contributed by atoms with van der Waals surface area (Å²) >= 11 is 13.4. The first-order valence-corrected chi connectivity index (χ1v) is 10.2. The van der Waals surface area contributed by atoms with E-state index in [2.05, 4.69) is 10.1 Å². The molecule has 2 aromatic carbocycles. The summed E-state index contributed by atoms with van der Waals surface area (Å²) in [6, 6.07) is 8.54. The van der Waals surface area contributed by atoms with E-state index in [0.717, 1.165) is 0 Å². The Balaban J connectivity index is 1.81. The summed E-state index contributed by atoms with van der Waals surface area (Å²) in [6.07, 6.45) is 1.72. The van der Waals surface area contributed by atoms with Gasteiger partial charge in [0, 0.05) is 10.6 Å². The van der Waals surface area contributed by atoms with Gasteiger partial charge in [-0.3, -0.25) is 4.79 Å². The Bertz CT molecular complexity index is 1340. The maximum atomic E-state index is 12.8. The summed E-state index contributed by atoms with van der Waals surface area (Å²) < 4.78 is 17.8. The fourth-order valence-electron chi connectivity index (χ4n) is 2.95. The maximum Gasteiger partial charge on any atom is 0.291 e. The molecule has 10 heteroatoms. The summed E-state index contributed by atoms with van der Waals surface area (Å²) in [5, 5.41) is 5.24. The van der Waals surface area contributed by atoms with Crippen molar-refractivity contribution in [2.75, 3.05) is 21.3 Å². The molecule has 0 bridgehead atoms. The number of ether oxygens (including phenoxy) is 3. The van der Waals surface area contributed by atoms with Crippen molar-refractivity contribution in [1.29, 1.82) is 0 Å². The van der Waals surface area contributed by atoms with Crippen molar-refractivity contribution < 1.29 is 14.2 Å². The molecule has 0 atom stereocenters. The van der Waals surface area contributed by atoms with Crippen LogP contribution >= 0.6 is 34.5 Å². The molecule has 0 amide bonds. The van der Waals surface area contributed by atoms with Gasteiger partial charge in [0.25, 0.3) is 5.56 Å². The van der Waals surface area contributed by atoms with E-state index in [4.69, 9.17) is 37.4 Å². The third-order valence-electron chi connectivity index (χ3n) is 4.34. The van der Waals surface area contributed by atoms with E-state index in [1.165, 1.54) is 37.2 Å². The minimum Gasteiger partial charge on any atom is -0.493 e. The normalized spacial score (nSPS) is 11.8. The molecule has 0 fully saturated rings. The van der Waals surface area contributed by atoms with Gasteiger partial charge in [-0.1, -0.05) is 34.5 Å². The fourth-order valence-corrected chi connectivity index (χ4v) is 4.36. The Hall–Kier alpha value is -2.81.